The number of hydrogen-bond acceptors (Lipinski definition) is 5. The number of halogens is 4. The van der Waals surface area contributed by atoms with E-state index in [4.69, 9.17) is 9.90 Å². The number of nitrogens with zero attached hydrogens (tertiary/aromatic N) is 4. The normalized spacial score (nSPS) is 18.1. The summed E-state index contributed by atoms with van der Waals surface area (Å²) in [4.78, 5) is 8.90. The molecule has 33 heavy (non-hydrogen) atoms. The molecule has 2 atom stereocenters. The Labute approximate surface area is 199 Å². The number of benzene rings is 1. The Bertz CT molecular complexity index is 944. The van der Waals surface area contributed by atoms with Gasteiger partial charge in [0.15, 0.2) is 5.82 Å². The maximum atomic E-state index is 10.6. The van der Waals surface area contributed by atoms with E-state index in [0.29, 0.717) is 12.0 Å². The fourth-order valence-electron chi connectivity index (χ4n) is 3.99. The average Bonchev–Trinajstić information content (AvgIpc) is 3.44. The van der Waals surface area contributed by atoms with Gasteiger partial charge < -0.3 is 10.4 Å². The van der Waals surface area contributed by atoms with Crippen LogP contribution in [0.3, 0.4) is 0 Å². The van der Waals surface area contributed by atoms with Gasteiger partial charge in [0.1, 0.15) is 0 Å². The first-order valence-corrected chi connectivity index (χ1v) is 12.0. The van der Waals surface area contributed by atoms with Gasteiger partial charge >= 0.3 is 12.1 Å². The third-order valence-corrected chi connectivity index (χ3v) is 6.65. The van der Waals surface area contributed by atoms with Crippen molar-refractivity contribution in [1.82, 2.24) is 25.5 Å². The van der Waals surface area contributed by atoms with Crippen molar-refractivity contribution >= 4 is 21.9 Å². The summed E-state index contributed by atoms with van der Waals surface area (Å²) in [5.41, 5.74) is 2.79. The lowest BCUT2D eigenvalue weighted by molar-refractivity contribution is -0.192. The van der Waals surface area contributed by atoms with Crippen LogP contribution in [0.15, 0.2) is 22.7 Å². The Morgan fingerprint density at radius 3 is 2.48 bits per heavy atom. The van der Waals surface area contributed by atoms with Gasteiger partial charge in [0, 0.05) is 17.1 Å². The van der Waals surface area contributed by atoms with Gasteiger partial charge in [-0.05, 0) is 84.6 Å². The molecule has 0 aliphatic heterocycles. The molecule has 2 aliphatic rings. The van der Waals surface area contributed by atoms with Gasteiger partial charge in [-0.25, -0.2) is 9.48 Å². The highest BCUT2D eigenvalue weighted by Crippen LogP contribution is 2.44. The number of hydrogen-bond donors (Lipinski definition) is 2. The van der Waals surface area contributed by atoms with Gasteiger partial charge in [-0.15, -0.1) is 5.10 Å². The lowest BCUT2D eigenvalue weighted by atomic mass is 9.80. The molecule has 4 rings (SSSR count). The highest BCUT2D eigenvalue weighted by atomic mass is 79.9. The predicted octanol–water partition coefficient (Wildman–Crippen LogP) is 5.22. The number of nitrogens with one attached hydrogen (secondary N) is 1. The first kappa shape index (κ1) is 25.6. The molecule has 11 heteroatoms. The van der Waals surface area contributed by atoms with Crippen molar-refractivity contribution in [3.63, 3.8) is 0 Å². The van der Waals surface area contributed by atoms with Crippen LogP contribution in [0.25, 0.3) is 0 Å². The summed E-state index contributed by atoms with van der Waals surface area (Å²) in [5, 5.41) is 23.7. The molecular formula is C22H29BrF3N5O2. The van der Waals surface area contributed by atoms with E-state index >= 15 is 0 Å². The number of alkyl halides is 3. The van der Waals surface area contributed by atoms with E-state index in [9.17, 15) is 13.2 Å². The van der Waals surface area contributed by atoms with Crippen molar-refractivity contribution in [3.05, 3.63) is 39.6 Å². The monoisotopic (exact) mass is 531 g/mol. The molecular weight excluding hydrogens is 503 g/mol. The fourth-order valence-corrected chi connectivity index (χ4v) is 4.37. The zero-order valence-electron chi connectivity index (χ0n) is 18.6. The molecule has 7 nitrogen and oxygen atoms in total. The smallest absolute Gasteiger partial charge is 0.475 e. The molecule has 0 amide bonds. The van der Waals surface area contributed by atoms with Gasteiger partial charge in [-0.1, -0.05) is 35.3 Å². The SMILES string of the molecule is CCCn1nnnc1C(NC(C)C1CCC1)c1cc(Br)ccc1C1CC1.O=C(O)C(F)(F)F. The van der Waals surface area contributed by atoms with Crippen LogP contribution < -0.4 is 5.32 Å². The maximum Gasteiger partial charge on any atom is 0.490 e. The quantitative estimate of drug-likeness (QED) is 0.484. The van der Waals surface area contributed by atoms with Crippen molar-refractivity contribution < 1.29 is 23.1 Å². The van der Waals surface area contributed by atoms with E-state index in [1.165, 1.54) is 43.2 Å². The summed E-state index contributed by atoms with van der Waals surface area (Å²) < 4.78 is 34.8. The Hall–Kier alpha value is -2.01. The first-order chi connectivity index (χ1) is 15.6. The summed E-state index contributed by atoms with van der Waals surface area (Å²) in [6.45, 7) is 5.34. The van der Waals surface area contributed by atoms with Gasteiger partial charge in [-0.2, -0.15) is 13.2 Å². The van der Waals surface area contributed by atoms with Crippen molar-refractivity contribution in [1.29, 1.82) is 0 Å². The standard InChI is InChI=1S/C20H28BrN5.C2HF3O2/c1-3-11-26-20(23-24-25-26)19(22-13(2)14-5-4-6-14)18-12-16(21)9-10-17(18)15-7-8-15;3-2(4,5)1(6)7/h9-10,12-15,19,22H,3-8,11H2,1-2H3;(H,6,7). The Morgan fingerprint density at radius 2 is 1.97 bits per heavy atom. The van der Waals surface area contributed by atoms with Crippen LogP contribution in [0.2, 0.25) is 0 Å². The molecule has 1 heterocycles. The van der Waals surface area contributed by atoms with E-state index in [1.54, 1.807) is 0 Å². The topological polar surface area (TPSA) is 92.9 Å². The third kappa shape index (κ3) is 6.75. The lowest BCUT2D eigenvalue weighted by Crippen LogP contribution is -2.41. The van der Waals surface area contributed by atoms with E-state index in [-0.39, 0.29) is 6.04 Å². The Balaban J connectivity index is 0.000000383. The second-order valence-corrected chi connectivity index (χ2v) is 9.61. The maximum absolute atomic E-state index is 10.6. The summed E-state index contributed by atoms with van der Waals surface area (Å²) in [5.74, 6) is -0.355. The summed E-state index contributed by atoms with van der Waals surface area (Å²) in [7, 11) is 0. The minimum atomic E-state index is -5.08. The van der Waals surface area contributed by atoms with E-state index < -0.39 is 12.1 Å². The average molecular weight is 532 g/mol. The van der Waals surface area contributed by atoms with Crippen molar-refractivity contribution in [2.24, 2.45) is 5.92 Å². The number of rotatable bonds is 8. The number of aliphatic carboxylic acids is 1. The molecule has 2 aliphatic carbocycles. The number of aromatic nitrogens is 4. The number of aryl methyl sites for hydroxylation is 1. The molecule has 2 N–H and O–H groups in total. The first-order valence-electron chi connectivity index (χ1n) is 11.2. The van der Waals surface area contributed by atoms with Crippen LogP contribution >= 0.6 is 15.9 Å². The molecule has 0 bridgehead atoms. The van der Waals surface area contributed by atoms with E-state index in [0.717, 1.165) is 29.2 Å². The number of carboxylic acids is 1. The molecule has 2 fully saturated rings. The largest absolute Gasteiger partial charge is 0.490 e. The van der Waals surface area contributed by atoms with E-state index in [2.05, 4.69) is 68.8 Å². The molecule has 0 saturated heterocycles. The number of tetrazole rings is 1. The van der Waals surface area contributed by atoms with Gasteiger partial charge in [0.25, 0.3) is 0 Å². The van der Waals surface area contributed by atoms with Crippen LogP contribution in [0, 0.1) is 5.92 Å². The predicted molar refractivity (Wildman–Crippen MR) is 120 cm³/mol. The van der Waals surface area contributed by atoms with Crippen LogP contribution in [-0.2, 0) is 11.3 Å². The fraction of sp³-hybridized carbons (Fsp3) is 0.636. The molecule has 2 unspecified atom stereocenters. The second-order valence-electron chi connectivity index (χ2n) is 8.69. The molecule has 0 spiro atoms. The van der Waals surface area contributed by atoms with Crippen molar-refractivity contribution in [2.45, 2.75) is 83.1 Å². The highest BCUT2D eigenvalue weighted by molar-refractivity contribution is 9.10. The number of carboxylic acid groups (broad SMARTS) is 1. The molecule has 1 aromatic carbocycles. The summed E-state index contributed by atoms with van der Waals surface area (Å²) in [6, 6.07) is 7.22. The minimum absolute atomic E-state index is 0.0419. The van der Waals surface area contributed by atoms with Gasteiger partial charge in [0.05, 0.1) is 6.04 Å². The third-order valence-electron chi connectivity index (χ3n) is 6.16. The summed E-state index contributed by atoms with van der Waals surface area (Å²) >= 11 is 3.68. The molecule has 2 saturated carbocycles. The van der Waals surface area contributed by atoms with Crippen LogP contribution in [-0.4, -0.2) is 43.5 Å². The lowest BCUT2D eigenvalue weighted by Gasteiger charge is -2.35. The van der Waals surface area contributed by atoms with Crippen molar-refractivity contribution in [2.75, 3.05) is 0 Å². The highest BCUT2D eigenvalue weighted by Gasteiger charge is 2.38. The van der Waals surface area contributed by atoms with Crippen LogP contribution in [0.5, 0.6) is 0 Å². The molecule has 1 aromatic heterocycles. The summed E-state index contributed by atoms with van der Waals surface area (Å²) in [6.07, 6.45) is 2.54. The Morgan fingerprint density at radius 1 is 1.30 bits per heavy atom. The van der Waals surface area contributed by atoms with Crippen LogP contribution in [0.4, 0.5) is 13.2 Å². The number of carbonyl (C=O) groups is 1. The van der Waals surface area contributed by atoms with Gasteiger partial charge in [-0.3, -0.25) is 0 Å². The van der Waals surface area contributed by atoms with Gasteiger partial charge in [0.2, 0.25) is 0 Å². The van der Waals surface area contributed by atoms with Crippen molar-refractivity contribution in [3.8, 4) is 0 Å². The molecule has 2 aromatic rings. The zero-order valence-corrected chi connectivity index (χ0v) is 20.2. The minimum Gasteiger partial charge on any atom is -0.475 e. The zero-order chi connectivity index (χ0) is 24.2. The molecule has 182 valence electrons. The second kappa shape index (κ2) is 10.9. The van der Waals surface area contributed by atoms with Crippen LogP contribution in [0.1, 0.15) is 81.3 Å². The van der Waals surface area contributed by atoms with E-state index in [1.807, 2.05) is 4.68 Å². The molecule has 0 radical (unpaired) electrons. The Kier molecular flexibility index (Phi) is 8.49.